The fourth-order valence-corrected chi connectivity index (χ4v) is 3.73. The molecule has 1 aliphatic carbocycles. The number of phenols is 1. The molecule has 0 aliphatic heterocycles. The summed E-state index contributed by atoms with van der Waals surface area (Å²) in [7, 11) is 1.73. The molecule has 0 saturated heterocycles. The van der Waals surface area contributed by atoms with Gasteiger partial charge in [0.1, 0.15) is 11.5 Å². The van der Waals surface area contributed by atoms with E-state index in [0.29, 0.717) is 17.6 Å². The lowest BCUT2D eigenvalue weighted by molar-refractivity contribution is 0.338. The van der Waals surface area contributed by atoms with E-state index >= 15 is 0 Å². The van der Waals surface area contributed by atoms with Gasteiger partial charge in [-0.25, -0.2) is 0 Å². The van der Waals surface area contributed by atoms with Crippen molar-refractivity contribution in [1.29, 1.82) is 0 Å². The number of ether oxygens (including phenoxy) is 1. The van der Waals surface area contributed by atoms with Crippen molar-refractivity contribution in [2.45, 2.75) is 38.5 Å². The minimum absolute atomic E-state index is 0.318. The van der Waals surface area contributed by atoms with Crippen molar-refractivity contribution in [3.8, 4) is 11.5 Å². The SMILES string of the molecule is COc1ccc([C@H]2CC[C@H](CNc3cccc(O)c3)CC2)cc1C. The van der Waals surface area contributed by atoms with Crippen molar-refractivity contribution in [2.75, 3.05) is 19.0 Å². The molecule has 0 unspecified atom stereocenters. The lowest BCUT2D eigenvalue weighted by atomic mass is 9.78. The van der Waals surface area contributed by atoms with Crippen molar-refractivity contribution < 1.29 is 9.84 Å². The van der Waals surface area contributed by atoms with Gasteiger partial charge in [-0.05, 0) is 73.8 Å². The average molecular weight is 325 g/mol. The van der Waals surface area contributed by atoms with Crippen LogP contribution in [0, 0.1) is 12.8 Å². The third kappa shape index (κ3) is 4.02. The van der Waals surface area contributed by atoms with Gasteiger partial charge in [-0.2, -0.15) is 0 Å². The number of methoxy groups -OCH3 is 1. The van der Waals surface area contributed by atoms with Gasteiger partial charge in [-0.15, -0.1) is 0 Å². The standard InChI is InChI=1S/C21H27NO2/c1-15-12-18(10-11-21(15)24-2)17-8-6-16(7-9-17)14-22-19-4-3-5-20(23)13-19/h3-5,10-13,16-17,22-23H,6-9,14H2,1-2H3/t16-,17-. The number of hydrogen-bond acceptors (Lipinski definition) is 3. The highest BCUT2D eigenvalue weighted by atomic mass is 16.5. The predicted molar refractivity (Wildman–Crippen MR) is 99.0 cm³/mol. The summed E-state index contributed by atoms with van der Waals surface area (Å²) >= 11 is 0. The van der Waals surface area contributed by atoms with Crippen molar-refractivity contribution >= 4 is 5.69 Å². The van der Waals surface area contributed by atoms with Crippen LogP contribution in [-0.2, 0) is 0 Å². The Morgan fingerprint density at radius 3 is 2.54 bits per heavy atom. The van der Waals surface area contributed by atoms with Crippen molar-refractivity contribution in [3.05, 3.63) is 53.6 Å². The molecule has 2 N–H and O–H groups in total. The zero-order valence-corrected chi connectivity index (χ0v) is 14.6. The van der Waals surface area contributed by atoms with E-state index < -0.39 is 0 Å². The van der Waals surface area contributed by atoms with Crippen LogP contribution < -0.4 is 10.1 Å². The third-order valence-electron chi connectivity index (χ3n) is 5.18. The number of phenolic OH excluding ortho intramolecular Hbond substituents is 1. The highest BCUT2D eigenvalue weighted by Crippen LogP contribution is 2.37. The predicted octanol–water partition coefficient (Wildman–Crippen LogP) is 5.10. The van der Waals surface area contributed by atoms with Crippen LogP contribution in [0.4, 0.5) is 5.69 Å². The van der Waals surface area contributed by atoms with Crippen molar-refractivity contribution in [2.24, 2.45) is 5.92 Å². The normalized spacial score (nSPS) is 20.6. The van der Waals surface area contributed by atoms with Gasteiger partial charge in [-0.3, -0.25) is 0 Å². The third-order valence-corrected chi connectivity index (χ3v) is 5.18. The molecule has 1 aliphatic rings. The Labute approximate surface area is 144 Å². The Bertz CT molecular complexity index is 675. The summed E-state index contributed by atoms with van der Waals surface area (Å²) in [6.45, 7) is 3.10. The first-order chi connectivity index (χ1) is 11.7. The van der Waals surface area contributed by atoms with Gasteiger partial charge in [0, 0.05) is 18.3 Å². The molecule has 1 fully saturated rings. The minimum atomic E-state index is 0.318. The van der Waals surface area contributed by atoms with E-state index in [-0.39, 0.29) is 0 Å². The maximum absolute atomic E-state index is 9.52. The first kappa shape index (κ1) is 16.7. The molecule has 3 heteroatoms. The fraction of sp³-hybridized carbons (Fsp3) is 0.429. The molecule has 128 valence electrons. The second kappa shape index (κ2) is 7.61. The van der Waals surface area contributed by atoms with Gasteiger partial charge in [0.25, 0.3) is 0 Å². The summed E-state index contributed by atoms with van der Waals surface area (Å²) < 4.78 is 5.36. The fourth-order valence-electron chi connectivity index (χ4n) is 3.73. The molecule has 0 bridgehead atoms. The van der Waals surface area contributed by atoms with Crippen LogP contribution in [-0.4, -0.2) is 18.8 Å². The summed E-state index contributed by atoms with van der Waals surface area (Å²) in [5, 5.41) is 13.0. The molecular formula is C21H27NO2. The number of aromatic hydroxyl groups is 1. The zero-order chi connectivity index (χ0) is 16.9. The first-order valence-corrected chi connectivity index (χ1v) is 8.83. The van der Waals surface area contributed by atoms with E-state index in [2.05, 4.69) is 30.4 Å². The van der Waals surface area contributed by atoms with E-state index in [0.717, 1.165) is 18.0 Å². The number of hydrogen-bond donors (Lipinski definition) is 2. The zero-order valence-electron chi connectivity index (χ0n) is 14.6. The lowest BCUT2D eigenvalue weighted by Crippen LogP contribution is -2.20. The van der Waals surface area contributed by atoms with Crippen molar-refractivity contribution in [1.82, 2.24) is 0 Å². The first-order valence-electron chi connectivity index (χ1n) is 8.83. The van der Waals surface area contributed by atoms with E-state index in [1.807, 2.05) is 12.1 Å². The van der Waals surface area contributed by atoms with E-state index in [1.54, 1.807) is 19.2 Å². The van der Waals surface area contributed by atoms with Crippen LogP contribution in [0.1, 0.15) is 42.7 Å². The minimum Gasteiger partial charge on any atom is -0.508 e. The molecule has 3 rings (SSSR count). The van der Waals surface area contributed by atoms with E-state index in [4.69, 9.17) is 4.74 Å². The van der Waals surface area contributed by atoms with Crippen LogP contribution in [0.3, 0.4) is 0 Å². The van der Waals surface area contributed by atoms with Gasteiger partial charge in [0.15, 0.2) is 0 Å². The number of anilines is 1. The maximum atomic E-state index is 9.52. The maximum Gasteiger partial charge on any atom is 0.121 e. The van der Waals surface area contributed by atoms with Crippen molar-refractivity contribution in [3.63, 3.8) is 0 Å². The number of benzene rings is 2. The Hall–Kier alpha value is -2.16. The summed E-state index contributed by atoms with van der Waals surface area (Å²) in [4.78, 5) is 0. The van der Waals surface area contributed by atoms with Crippen LogP contribution in [0.2, 0.25) is 0 Å². The van der Waals surface area contributed by atoms with E-state index in [1.165, 1.54) is 36.8 Å². The molecule has 0 spiro atoms. The number of aryl methyl sites for hydroxylation is 1. The molecule has 0 heterocycles. The van der Waals surface area contributed by atoms with Crippen LogP contribution in [0.5, 0.6) is 11.5 Å². The number of nitrogens with one attached hydrogen (secondary N) is 1. The largest absolute Gasteiger partial charge is 0.508 e. The highest BCUT2D eigenvalue weighted by molar-refractivity contribution is 5.47. The summed E-state index contributed by atoms with van der Waals surface area (Å²) in [5.74, 6) is 2.68. The molecule has 0 aromatic heterocycles. The van der Waals surface area contributed by atoms with Gasteiger partial charge in [0.2, 0.25) is 0 Å². The van der Waals surface area contributed by atoms with Crippen LogP contribution >= 0.6 is 0 Å². The molecule has 2 aromatic rings. The second-order valence-electron chi connectivity index (χ2n) is 6.88. The monoisotopic (exact) mass is 325 g/mol. The van der Waals surface area contributed by atoms with Gasteiger partial charge >= 0.3 is 0 Å². The summed E-state index contributed by atoms with van der Waals surface area (Å²) in [5.41, 5.74) is 3.68. The molecular weight excluding hydrogens is 298 g/mol. The van der Waals surface area contributed by atoms with E-state index in [9.17, 15) is 5.11 Å². The Morgan fingerprint density at radius 2 is 1.88 bits per heavy atom. The van der Waals surface area contributed by atoms with Gasteiger partial charge < -0.3 is 15.2 Å². The molecule has 1 saturated carbocycles. The van der Waals surface area contributed by atoms with Gasteiger partial charge in [0.05, 0.1) is 7.11 Å². The Kier molecular flexibility index (Phi) is 5.29. The average Bonchev–Trinajstić information content (AvgIpc) is 2.60. The van der Waals surface area contributed by atoms with Crippen LogP contribution in [0.25, 0.3) is 0 Å². The molecule has 0 radical (unpaired) electrons. The second-order valence-corrected chi connectivity index (χ2v) is 6.88. The Morgan fingerprint density at radius 1 is 1.08 bits per heavy atom. The van der Waals surface area contributed by atoms with Crippen LogP contribution in [0.15, 0.2) is 42.5 Å². The summed E-state index contributed by atoms with van der Waals surface area (Å²) in [6, 6.07) is 14.0. The lowest BCUT2D eigenvalue weighted by Gasteiger charge is -2.29. The summed E-state index contributed by atoms with van der Waals surface area (Å²) in [6.07, 6.45) is 5.00. The quantitative estimate of drug-likeness (QED) is 0.804. The van der Waals surface area contributed by atoms with Gasteiger partial charge in [-0.1, -0.05) is 18.2 Å². The molecule has 2 aromatic carbocycles. The molecule has 0 amide bonds. The molecule has 24 heavy (non-hydrogen) atoms. The molecule has 3 nitrogen and oxygen atoms in total. The molecule has 0 atom stereocenters. The smallest absolute Gasteiger partial charge is 0.121 e. The Balaban J connectivity index is 1.51. The topological polar surface area (TPSA) is 41.5 Å². The number of rotatable bonds is 5. The highest BCUT2D eigenvalue weighted by Gasteiger charge is 2.22.